The van der Waals surface area contributed by atoms with E-state index in [1.165, 1.54) is 24.3 Å². The summed E-state index contributed by atoms with van der Waals surface area (Å²) < 4.78 is 13.3. The zero-order valence-electron chi connectivity index (χ0n) is 16.0. The first-order valence-electron chi connectivity index (χ1n) is 9.04. The van der Waals surface area contributed by atoms with Crippen LogP contribution < -0.4 is 10.6 Å². The maximum absolute atomic E-state index is 13.3. The largest absolute Gasteiger partial charge is 0.325 e. The van der Waals surface area contributed by atoms with Crippen LogP contribution in [0, 0.1) is 19.7 Å². The Labute approximate surface area is 162 Å². The topological polar surface area (TPSA) is 78.5 Å². The zero-order valence-corrected chi connectivity index (χ0v) is 16.0. The number of rotatable bonds is 5. The normalized spacial score (nSPS) is 18.9. The van der Waals surface area contributed by atoms with Gasteiger partial charge in [-0.15, -0.1) is 0 Å². The molecular weight excluding hydrogens is 361 g/mol. The van der Waals surface area contributed by atoms with Gasteiger partial charge in [-0.2, -0.15) is 0 Å². The Kier molecular flexibility index (Phi) is 5.18. The van der Waals surface area contributed by atoms with Crippen molar-refractivity contribution in [2.45, 2.75) is 32.7 Å². The van der Waals surface area contributed by atoms with Crippen molar-refractivity contribution in [2.24, 2.45) is 0 Å². The van der Waals surface area contributed by atoms with Crippen molar-refractivity contribution in [2.75, 3.05) is 11.9 Å². The molecule has 1 aliphatic heterocycles. The van der Waals surface area contributed by atoms with E-state index in [4.69, 9.17) is 0 Å². The van der Waals surface area contributed by atoms with E-state index in [1.807, 2.05) is 26.0 Å². The van der Waals surface area contributed by atoms with Crippen LogP contribution in [0.1, 0.15) is 30.0 Å². The summed E-state index contributed by atoms with van der Waals surface area (Å²) in [6.45, 7) is 5.17. The van der Waals surface area contributed by atoms with E-state index < -0.39 is 35.7 Å². The van der Waals surface area contributed by atoms with Gasteiger partial charge in [0.1, 0.15) is 17.9 Å². The number of nitrogens with one attached hydrogen (secondary N) is 2. The van der Waals surface area contributed by atoms with Gasteiger partial charge >= 0.3 is 6.03 Å². The number of hydrogen-bond acceptors (Lipinski definition) is 3. The predicted octanol–water partition coefficient (Wildman–Crippen LogP) is 3.24. The number of carbonyl (C=O) groups is 3. The fraction of sp³-hybridized carbons (Fsp3) is 0.286. The lowest BCUT2D eigenvalue weighted by Crippen LogP contribution is -2.44. The van der Waals surface area contributed by atoms with E-state index in [0.29, 0.717) is 11.3 Å². The van der Waals surface area contributed by atoms with Gasteiger partial charge in [0.2, 0.25) is 5.91 Å². The van der Waals surface area contributed by atoms with Crippen LogP contribution in [0.15, 0.2) is 42.5 Å². The predicted molar refractivity (Wildman–Crippen MR) is 103 cm³/mol. The standard InChI is InChI=1S/C21H22FN3O3/c1-4-21(15-6-8-16(22)9-7-15)19(27)25(20(28)24-21)12-18(26)23-17-10-5-13(2)11-14(17)3/h5-11H,4,12H2,1-3H3,(H,23,26)(H,24,28). The highest BCUT2D eigenvalue weighted by Crippen LogP contribution is 2.32. The van der Waals surface area contributed by atoms with E-state index in [9.17, 15) is 18.8 Å². The first-order chi connectivity index (χ1) is 13.3. The van der Waals surface area contributed by atoms with E-state index >= 15 is 0 Å². The number of imide groups is 1. The molecule has 1 atom stereocenters. The van der Waals surface area contributed by atoms with Crippen LogP contribution in [-0.4, -0.2) is 29.3 Å². The summed E-state index contributed by atoms with van der Waals surface area (Å²) >= 11 is 0. The second-order valence-electron chi connectivity index (χ2n) is 6.95. The molecule has 1 saturated heterocycles. The van der Waals surface area contributed by atoms with Crippen molar-refractivity contribution in [3.63, 3.8) is 0 Å². The molecule has 0 aromatic heterocycles. The second kappa shape index (κ2) is 7.42. The number of carbonyl (C=O) groups excluding carboxylic acids is 3. The van der Waals surface area contributed by atoms with Crippen molar-refractivity contribution < 1.29 is 18.8 Å². The van der Waals surface area contributed by atoms with Gasteiger partial charge in [0, 0.05) is 5.69 Å². The molecular formula is C21H22FN3O3. The van der Waals surface area contributed by atoms with Crippen LogP contribution in [0.25, 0.3) is 0 Å². The van der Waals surface area contributed by atoms with E-state index in [-0.39, 0.29) is 6.42 Å². The van der Waals surface area contributed by atoms with Gasteiger partial charge < -0.3 is 10.6 Å². The highest BCUT2D eigenvalue weighted by molar-refractivity contribution is 6.10. The lowest BCUT2D eigenvalue weighted by Gasteiger charge is -2.25. The molecule has 146 valence electrons. The Bertz CT molecular complexity index is 942. The van der Waals surface area contributed by atoms with Crippen LogP contribution in [-0.2, 0) is 15.1 Å². The van der Waals surface area contributed by atoms with Crippen LogP contribution in [0.2, 0.25) is 0 Å². The average Bonchev–Trinajstić information content (AvgIpc) is 2.90. The van der Waals surface area contributed by atoms with E-state index in [0.717, 1.165) is 16.0 Å². The minimum atomic E-state index is -1.30. The van der Waals surface area contributed by atoms with Gasteiger partial charge in [-0.25, -0.2) is 9.18 Å². The molecule has 1 heterocycles. The number of benzene rings is 2. The Morgan fingerprint density at radius 1 is 1.14 bits per heavy atom. The fourth-order valence-electron chi connectivity index (χ4n) is 3.43. The third-order valence-electron chi connectivity index (χ3n) is 5.00. The van der Waals surface area contributed by atoms with Gasteiger partial charge in [0.05, 0.1) is 0 Å². The van der Waals surface area contributed by atoms with Crippen LogP contribution in [0.3, 0.4) is 0 Å². The summed E-state index contributed by atoms with van der Waals surface area (Å²) in [5.74, 6) is -1.43. The molecule has 0 spiro atoms. The molecule has 2 aromatic carbocycles. The maximum Gasteiger partial charge on any atom is 0.325 e. The van der Waals surface area contributed by atoms with Crippen LogP contribution >= 0.6 is 0 Å². The molecule has 28 heavy (non-hydrogen) atoms. The second-order valence-corrected chi connectivity index (χ2v) is 6.95. The lowest BCUT2D eigenvalue weighted by molar-refractivity contribution is -0.134. The molecule has 2 N–H and O–H groups in total. The summed E-state index contributed by atoms with van der Waals surface area (Å²) in [6, 6.07) is 10.3. The first-order valence-corrected chi connectivity index (χ1v) is 9.04. The quantitative estimate of drug-likeness (QED) is 0.778. The van der Waals surface area contributed by atoms with Crippen molar-refractivity contribution in [1.82, 2.24) is 10.2 Å². The average molecular weight is 383 g/mol. The van der Waals surface area contributed by atoms with Crippen molar-refractivity contribution in [3.8, 4) is 0 Å². The van der Waals surface area contributed by atoms with Gasteiger partial charge in [-0.3, -0.25) is 14.5 Å². The van der Waals surface area contributed by atoms with Crippen molar-refractivity contribution in [1.29, 1.82) is 0 Å². The molecule has 0 saturated carbocycles. The number of hydrogen-bond donors (Lipinski definition) is 2. The third kappa shape index (κ3) is 3.47. The Morgan fingerprint density at radius 2 is 1.82 bits per heavy atom. The van der Waals surface area contributed by atoms with Gasteiger partial charge in [-0.1, -0.05) is 36.8 Å². The summed E-state index contributed by atoms with van der Waals surface area (Å²) in [5, 5.41) is 5.41. The molecule has 3 rings (SSSR count). The number of urea groups is 1. The summed E-state index contributed by atoms with van der Waals surface area (Å²) in [4.78, 5) is 38.8. The minimum Gasteiger partial charge on any atom is -0.324 e. The number of aryl methyl sites for hydroxylation is 2. The molecule has 1 fully saturated rings. The van der Waals surface area contributed by atoms with Crippen molar-refractivity contribution in [3.05, 3.63) is 65.0 Å². The fourth-order valence-corrected chi connectivity index (χ4v) is 3.43. The molecule has 7 heteroatoms. The molecule has 6 nitrogen and oxygen atoms in total. The molecule has 0 radical (unpaired) electrons. The molecule has 0 bridgehead atoms. The number of halogens is 1. The summed E-state index contributed by atoms with van der Waals surface area (Å²) in [5.41, 5.74) is 1.76. The zero-order chi connectivity index (χ0) is 20.5. The molecule has 1 aliphatic rings. The number of nitrogens with zero attached hydrogens (tertiary/aromatic N) is 1. The third-order valence-corrected chi connectivity index (χ3v) is 5.00. The summed E-state index contributed by atoms with van der Waals surface area (Å²) in [6.07, 6.45) is 0.276. The summed E-state index contributed by atoms with van der Waals surface area (Å²) in [7, 11) is 0. The Balaban J connectivity index is 1.79. The van der Waals surface area contributed by atoms with Gasteiger partial charge in [-0.05, 0) is 49.6 Å². The van der Waals surface area contributed by atoms with E-state index in [1.54, 1.807) is 13.0 Å². The van der Waals surface area contributed by atoms with Crippen LogP contribution in [0.5, 0.6) is 0 Å². The molecule has 4 amide bonds. The number of amides is 4. The van der Waals surface area contributed by atoms with E-state index in [2.05, 4.69) is 10.6 Å². The van der Waals surface area contributed by atoms with Gasteiger partial charge in [0.15, 0.2) is 0 Å². The molecule has 1 unspecified atom stereocenters. The Morgan fingerprint density at radius 3 is 2.43 bits per heavy atom. The Hall–Kier alpha value is -3.22. The molecule has 0 aliphatic carbocycles. The van der Waals surface area contributed by atoms with Crippen molar-refractivity contribution >= 4 is 23.5 Å². The highest BCUT2D eigenvalue weighted by Gasteiger charge is 2.51. The monoisotopic (exact) mass is 383 g/mol. The number of anilines is 1. The molecule has 2 aromatic rings. The lowest BCUT2D eigenvalue weighted by atomic mass is 9.87. The first kappa shape index (κ1) is 19.5. The smallest absolute Gasteiger partial charge is 0.324 e. The maximum atomic E-state index is 13.3. The highest BCUT2D eigenvalue weighted by atomic mass is 19.1. The van der Waals surface area contributed by atoms with Gasteiger partial charge in [0.25, 0.3) is 5.91 Å². The SMILES string of the molecule is CCC1(c2ccc(F)cc2)NC(=O)N(CC(=O)Nc2ccc(C)cc2C)C1=O. The minimum absolute atomic E-state index is 0.276. The van der Waals surface area contributed by atoms with Crippen LogP contribution in [0.4, 0.5) is 14.9 Å².